The van der Waals surface area contributed by atoms with Gasteiger partial charge in [0.2, 0.25) is 26.0 Å². The van der Waals surface area contributed by atoms with E-state index in [2.05, 4.69) is 21.2 Å². The number of carbonyl (C=O) groups excluding carboxylic acids is 1. The summed E-state index contributed by atoms with van der Waals surface area (Å²) in [6.07, 6.45) is 0.998. The molecule has 0 atom stereocenters. The second-order valence-corrected chi connectivity index (χ2v) is 11.9. The number of carbonyl (C=O) groups is 1. The van der Waals surface area contributed by atoms with Gasteiger partial charge in [0.25, 0.3) is 0 Å². The van der Waals surface area contributed by atoms with Gasteiger partial charge in [-0.3, -0.25) is 9.10 Å². The number of nitrogens with zero attached hydrogens (tertiary/aromatic N) is 2. The van der Waals surface area contributed by atoms with E-state index in [1.165, 1.54) is 29.6 Å². The number of morpholine rings is 1. The van der Waals surface area contributed by atoms with Gasteiger partial charge in [-0.2, -0.15) is 4.31 Å². The molecule has 1 fully saturated rings. The van der Waals surface area contributed by atoms with Crippen LogP contribution in [0, 0.1) is 0 Å². The highest BCUT2D eigenvalue weighted by Crippen LogP contribution is 2.29. The monoisotopic (exact) mass is 561 g/mol. The van der Waals surface area contributed by atoms with Gasteiger partial charge in [0, 0.05) is 17.6 Å². The molecule has 1 amide bonds. The van der Waals surface area contributed by atoms with Gasteiger partial charge in [0.05, 0.1) is 42.8 Å². The summed E-state index contributed by atoms with van der Waals surface area (Å²) in [7, 11) is -6.19. The largest absolute Gasteiger partial charge is 0.495 e. The van der Waals surface area contributed by atoms with Crippen molar-refractivity contribution in [2.24, 2.45) is 0 Å². The lowest BCUT2D eigenvalue weighted by atomic mass is 10.3. The number of hydrogen-bond donors (Lipinski definition) is 1. The summed E-state index contributed by atoms with van der Waals surface area (Å²) in [5, 5.41) is 2.57. The van der Waals surface area contributed by atoms with E-state index in [1.807, 2.05) is 0 Å². The molecule has 2 aromatic carbocycles. The van der Waals surface area contributed by atoms with E-state index < -0.39 is 32.5 Å². The Morgan fingerprint density at radius 3 is 2.33 bits per heavy atom. The highest BCUT2D eigenvalue weighted by molar-refractivity contribution is 9.10. The van der Waals surface area contributed by atoms with Gasteiger partial charge < -0.3 is 14.8 Å². The summed E-state index contributed by atoms with van der Waals surface area (Å²) in [5.74, 6) is -0.429. The van der Waals surface area contributed by atoms with Gasteiger partial charge in [-0.15, -0.1) is 0 Å². The Labute approximate surface area is 201 Å². The smallest absolute Gasteiger partial charge is 0.245 e. The maximum Gasteiger partial charge on any atom is 0.245 e. The maximum atomic E-state index is 13.0. The van der Waals surface area contributed by atoms with Crippen LogP contribution in [0.4, 0.5) is 11.4 Å². The van der Waals surface area contributed by atoms with Crippen LogP contribution in [0.15, 0.2) is 51.8 Å². The molecular formula is C20H24BrN3O7S2. The Balaban J connectivity index is 1.85. The van der Waals surface area contributed by atoms with Crippen LogP contribution >= 0.6 is 15.9 Å². The Morgan fingerprint density at radius 2 is 1.76 bits per heavy atom. The summed E-state index contributed by atoms with van der Waals surface area (Å²) in [5.41, 5.74) is 0.424. The molecule has 0 radical (unpaired) electrons. The van der Waals surface area contributed by atoms with Gasteiger partial charge in [-0.25, -0.2) is 16.8 Å². The van der Waals surface area contributed by atoms with Crippen LogP contribution in [0.3, 0.4) is 0 Å². The van der Waals surface area contributed by atoms with Gasteiger partial charge >= 0.3 is 0 Å². The molecule has 13 heteroatoms. The van der Waals surface area contributed by atoms with Crippen molar-refractivity contribution in [3.63, 3.8) is 0 Å². The molecule has 1 N–H and O–H groups in total. The molecule has 1 heterocycles. The fraction of sp³-hybridized carbons (Fsp3) is 0.350. The number of anilines is 2. The zero-order valence-corrected chi connectivity index (χ0v) is 21.2. The molecule has 0 spiro atoms. The third kappa shape index (κ3) is 6.23. The lowest BCUT2D eigenvalue weighted by Gasteiger charge is -2.26. The third-order valence-corrected chi connectivity index (χ3v) is 8.42. The van der Waals surface area contributed by atoms with Crippen LogP contribution in [-0.4, -0.2) is 73.3 Å². The second-order valence-electron chi connectivity index (χ2n) is 7.17. The first kappa shape index (κ1) is 25.4. The first-order chi connectivity index (χ1) is 15.5. The molecule has 0 bridgehead atoms. The second kappa shape index (κ2) is 10.4. The minimum absolute atomic E-state index is 0.0200. The third-order valence-electron chi connectivity index (χ3n) is 4.86. The van der Waals surface area contributed by atoms with E-state index in [0.29, 0.717) is 18.9 Å². The zero-order valence-electron chi connectivity index (χ0n) is 18.0. The van der Waals surface area contributed by atoms with Gasteiger partial charge in [0.1, 0.15) is 12.3 Å². The molecule has 0 saturated carbocycles. The highest BCUT2D eigenvalue weighted by Gasteiger charge is 2.28. The molecule has 33 heavy (non-hydrogen) atoms. The number of rotatable bonds is 8. The standard InChI is InChI=1S/C20H24BrN3O7S2/c1-30-19-8-7-17(33(28,29)23-9-11-31-12-10-23)13-18(19)22-20(25)14-24(32(2,26)27)16-5-3-15(21)4-6-16/h3-8,13H,9-12,14H2,1-2H3,(H,22,25). The SMILES string of the molecule is COc1ccc(S(=O)(=O)N2CCOCC2)cc1NC(=O)CN(c1ccc(Br)cc1)S(C)(=O)=O. The molecule has 1 aliphatic rings. The number of ether oxygens (including phenoxy) is 2. The van der Waals surface area contributed by atoms with Crippen molar-refractivity contribution >= 4 is 53.3 Å². The Morgan fingerprint density at radius 1 is 1.12 bits per heavy atom. The zero-order chi connectivity index (χ0) is 24.2. The van der Waals surface area contributed by atoms with E-state index >= 15 is 0 Å². The number of amides is 1. The molecule has 10 nitrogen and oxygen atoms in total. The summed E-state index contributed by atoms with van der Waals surface area (Å²) in [6.45, 7) is 0.552. The van der Waals surface area contributed by atoms with E-state index in [9.17, 15) is 21.6 Å². The van der Waals surface area contributed by atoms with Crippen LogP contribution in [0.2, 0.25) is 0 Å². The van der Waals surface area contributed by atoms with Crippen molar-refractivity contribution in [3.05, 3.63) is 46.9 Å². The normalized spacial score (nSPS) is 15.1. The fourth-order valence-corrected chi connectivity index (χ4v) is 5.76. The molecule has 2 aromatic rings. The molecule has 3 rings (SSSR count). The van der Waals surface area contributed by atoms with Crippen LogP contribution < -0.4 is 14.4 Å². The summed E-state index contributed by atoms with van der Waals surface area (Å²) in [6, 6.07) is 10.6. The number of hydrogen-bond acceptors (Lipinski definition) is 7. The van der Waals surface area contributed by atoms with Crippen LogP contribution in [0.1, 0.15) is 0 Å². The number of sulfonamides is 2. The quantitative estimate of drug-likeness (QED) is 0.522. The van der Waals surface area contributed by atoms with E-state index in [1.54, 1.807) is 24.3 Å². The molecule has 0 aromatic heterocycles. The minimum Gasteiger partial charge on any atom is -0.495 e. The molecule has 1 saturated heterocycles. The van der Waals surface area contributed by atoms with Crippen molar-refractivity contribution in [2.45, 2.75) is 4.90 Å². The molecule has 0 aliphatic carbocycles. The average Bonchev–Trinajstić information content (AvgIpc) is 2.78. The summed E-state index contributed by atoms with van der Waals surface area (Å²) in [4.78, 5) is 12.8. The first-order valence-corrected chi connectivity index (χ1v) is 13.9. The van der Waals surface area contributed by atoms with Crippen LogP contribution in [0.25, 0.3) is 0 Å². The topological polar surface area (TPSA) is 122 Å². The Kier molecular flexibility index (Phi) is 8.00. The van der Waals surface area contributed by atoms with Gasteiger partial charge in [-0.05, 0) is 42.5 Å². The average molecular weight is 562 g/mol. The maximum absolute atomic E-state index is 13.0. The predicted molar refractivity (Wildman–Crippen MR) is 128 cm³/mol. The number of benzene rings is 2. The van der Waals surface area contributed by atoms with Crippen molar-refractivity contribution in [1.82, 2.24) is 4.31 Å². The van der Waals surface area contributed by atoms with Crippen molar-refractivity contribution in [3.8, 4) is 5.75 Å². The first-order valence-electron chi connectivity index (χ1n) is 9.81. The number of halogens is 1. The van der Waals surface area contributed by atoms with Crippen molar-refractivity contribution in [1.29, 1.82) is 0 Å². The number of methoxy groups -OCH3 is 1. The Hall–Kier alpha value is -2.19. The van der Waals surface area contributed by atoms with E-state index in [4.69, 9.17) is 9.47 Å². The van der Waals surface area contributed by atoms with Crippen LogP contribution in [0.5, 0.6) is 5.75 Å². The summed E-state index contributed by atoms with van der Waals surface area (Å²) >= 11 is 3.29. The minimum atomic E-state index is -3.80. The highest BCUT2D eigenvalue weighted by atomic mass is 79.9. The van der Waals surface area contributed by atoms with Gasteiger partial charge in [-0.1, -0.05) is 15.9 Å². The van der Waals surface area contributed by atoms with E-state index in [0.717, 1.165) is 15.0 Å². The Bertz CT molecular complexity index is 1210. The predicted octanol–water partition coefficient (Wildman–Crippen LogP) is 1.88. The molecule has 0 unspecified atom stereocenters. The fourth-order valence-electron chi connectivity index (χ4n) is 3.21. The van der Waals surface area contributed by atoms with Gasteiger partial charge in [0.15, 0.2) is 0 Å². The molecular weight excluding hydrogens is 538 g/mol. The lowest BCUT2D eigenvalue weighted by Crippen LogP contribution is -2.40. The van der Waals surface area contributed by atoms with Crippen LogP contribution in [-0.2, 0) is 29.6 Å². The van der Waals surface area contributed by atoms with Crippen molar-refractivity contribution < 1.29 is 31.1 Å². The lowest BCUT2D eigenvalue weighted by molar-refractivity contribution is -0.114. The van der Waals surface area contributed by atoms with E-state index in [-0.39, 0.29) is 29.4 Å². The summed E-state index contributed by atoms with van der Waals surface area (Å²) < 4.78 is 64.0. The van der Waals surface area contributed by atoms with Crippen molar-refractivity contribution in [2.75, 3.05) is 55.8 Å². The molecule has 180 valence electrons. The molecule has 1 aliphatic heterocycles. The number of nitrogens with one attached hydrogen (secondary N) is 1.